The van der Waals surface area contributed by atoms with Crippen LogP contribution in [-0.2, 0) is 4.79 Å². The molecule has 0 aliphatic heterocycles. The molecule has 8 heteroatoms. The second-order valence-electron chi connectivity index (χ2n) is 6.91. The Kier molecular flexibility index (Phi) is 4.43. The van der Waals surface area contributed by atoms with E-state index in [1.165, 1.54) is 0 Å². The molecule has 1 amide bonds. The zero-order valence-corrected chi connectivity index (χ0v) is 14.6. The number of carbonyl (C=O) groups is 1. The molecule has 0 saturated heterocycles. The van der Waals surface area contributed by atoms with Gasteiger partial charge in [0, 0.05) is 17.5 Å². The molecule has 3 N–H and O–H groups in total. The molecule has 4 rings (SSSR count). The normalized spacial score (nSPS) is 23.0. The lowest BCUT2D eigenvalue weighted by Gasteiger charge is -2.18. The number of hydrogen-bond acceptors (Lipinski definition) is 5. The van der Waals surface area contributed by atoms with Crippen LogP contribution in [0.2, 0.25) is 5.02 Å². The maximum Gasteiger partial charge on any atom is 0.227 e. The first-order chi connectivity index (χ1) is 12.2. The highest BCUT2D eigenvalue weighted by Gasteiger charge is 2.32. The Morgan fingerprint density at radius 1 is 1.32 bits per heavy atom. The molecule has 25 heavy (non-hydrogen) atoms. The van der Waals surface area contributed by atoms with Crippen LogP contribution >= 0.6 is 11.6 Å². The van der Waals surface area contributed by atoms with E-state index in [9.17, 15) is 4.79 Å². The number of hydrogen-bond donors (Lipinski definition) is 2. The molecule has 2 aromatic rings. The highest BCUT2D eigenvalue weighted by molar-refractivity contribution is 6.32. The summed E-state index contributed by atoms with van der Waals surface area (Å²) in [6.07, 6.45) is 5.16. The predicted molar refractivity (Wildman–Crippen MR) is 94.7 cm³/mol. The molecule has 2 atom stereocenters. The summed E-state index contributed by atoms with van der Waals surface area (Å²) in [5.41, 5.74) is 7.18. The van der Waals surface area contributed by atoms with Crippen molar-refractivity contribution in [2.24, 2.45) is 17.6 Å². The van der Waals surface area contributed by atoms with Crippen molar-refractivity contribution in [3.05, 3.63) is 29.0 Å². The third-order valence-corrected chi connectivity index (χ3v) is 5.50. The smallest absolute Gasteiger partial charge is 0.227 e. The largest absolute Gasteiger partial charge is 0.330 e. The van der Waals surface area contributed by atoms with Crippen LogP contribution in [0.4, 0.5) is 5.69 Å². The molecular weight excluding hydrogens is 340 g/mol. The molecule has 0 radical (unpaired) electrons. The van der Waals surface area contributed by atoms with Gasteiger partial charge in [0.25, 0.3) is 0 Å². The molecule has 0 bridgehead atoms. The van der Waals surface area contributed by atoms with E-state index in [0.717, 1.165) is 37.9 Å². The Labute approximate surface area is 150 Å². The Hall–Kier alpha value is -1.99. The third-order valence-electron chi connectivity index (χ3n) is 5.18. The molecule has 2 aliphatic rings. The fraction of sp³-hybridized carbons (Fsp3) is 0.529. The minimum Gasteiger partial charge on any atom is -0.330 e. The summed E-state index contributed by atoms with van der Waals surface area (Å²) in [6.45, 7) is 0.555. The van der Waals surface area contributed by atoms with Gasteiger partial charge in [-0.2, -0.15) is 4.68 Å². The standard InChI is InChI=1S/C17H21ClN6O/c18-14-7-6-12(20-17(25)13-3-1-2-11(13)9-19)8-15(14)24-16(10-4-5-10)21-22-23-24/h6-8,10-11,13H,1-5,9,19H2,(H,20,25)/t11-,13-/m1/s1. The fourth-order valence-electron chi connectivity index (χ4n) is 3.61. The van der Waals surface area contributed by atoms with Gasteiger partial charge in [0.2, 0.25) is 5.91 Å². The van der Waals surface area contributed by atoms with E-state index in [0.29, 0.717) is 28.9 Å². The topological polar surface area (TPSA) is 98.7 Å². The van der Waals surface area contributed by atoms with Crippen molar-refractivity contribution in [1.82, 2.24) is 20.2 Å². The number of benzene rings is 1. The predicted octanol–water partition coefficient (Wildman–Crippen LogP) is 2.51. The first-order valence-electron chi connectivity index (χ1n) is 8.76. The van der Waals surface area contributed by atoms with Crippen molar-refractivity contribution in [2.45, 2.75) is 38.0 Å². The van der Waals surface area contributed by atoms with Gasteiger partial charge in [-0.25, -0.2) is 0 Å². The number of amides is 1. The second-order valence-corrected chi connectivity index (χ2v) is 7.32. The number of nitrogens with zero attached hydrogens (tertiary/aromatic N) is 4. The van der Waals surface area contributed by atoms with E-state index in [1.807, 2.05) is 6.07 Å². The van der Waals surface area contributed by atoms with Gasteiger partial charge >= 0.3 is 0 Å². The van der Waals surface area contributed by atoms with Gasteiger partial charge in [-0.3, -0.25) is 4.79 Å². The molecule has 0 unspecified atom stereocenters. The van der Waals surface area contributed by atoms with Crippen LogP contribution in [-0.4, -0.2) is 32.7 Å². The minimum atomic E-state index is -0.0146. The first kappa shape index (κ1) is 16.5. The Morgan fingerprint density at radius 3 is 2.92 bits per heavy atom. The van der Waals surface area contributed by atoms with Crippen LogP contribution in [0.15, 0.2) is 18.2 Å². The van der Waals surface area contributed by atoms with Gasteiger partial charge in [-0.05, 0) is 66.8 Å². The van der Waals surface area contributed by atoms with Crippen LogP contribution in [0.1, 0.15) is 43.8 Å². The van der Waals surface area contributed by atoms with Crippen LogP contribution in [0, 0.1) is 11.8 Å². The summed E-state index contributed by atoms with van der Waals surface area (Å²) < 4.78 is 1.67. The lowest BCUT2D eigenvalue weighted by Crippen LogP contribution is -2.29. The second kappa shape index (κ2) is 6.72. The van der Waals surface area contributed by atoms with E-state index < -0.39 is 0 Å². The van der Waals surface area contributed by atoms with Crippen molar-refractivity contribution in [3.63, 3.8) is 0 Å². The summed E-state index contributed by atoms with van der Waals surface area (Å²) in [5, 5.41) is 15.5. The van der Waals surface area contributed by atoms with Gasteiger partial charge in [-0.1, -0.05) is 18.0 Å². The average molecular weight is 361 g/mol. The summed E-state index contributed by atoms with van der Waals surface area (Å²) in [5.74, 6) is 1.50. The van der Waals surface area contributed by atoms with E-state index in [1.54, 1.807) is 16.8 Å². The molecule has 1 aromatic heterocycles. The molecule has 2 fully saturated rings. The van der Waals surface area contributed by atoms with Crippen LogP contribution < -0.4 is 11.1 Å². The molecule has 1 aromatic carbocycles. The van der Waals surface area contributed by atoms with Crippen molar-refractivity contribution in [1.29, 1.82) is 0 Å². The molecule has 2 aliphatic carbocycles. The van der Waals surface area contributed by atoms with Gasteiger partial charge in [0.1, 0.15) is 0 Å². The number of tetrazole rings is 1. The lowest BCUT2D eigenvalue weighted by atomic mass is 9.95. The van der Waals surface area contributed by atoms with Gasteiger partial charge in [0.05, 0.1) is 10.7 Å². The summed E-state index contributed by atoms with van der Waals surface area (Å²) in [6, 6.07) is 5.39. The molecule has 7 nitrogen and oxygen atoms in total. The molecule has 2 saturated carbocycles. The fourth-order valence-corrected chi connectivity index (χ4v) is 3.81. The maximum absolute atomic E-state index is 12.6. The average Bonchev–Trinajstić information content (AvgIpc) is 3.15. The van der Waals surface area contributed by atoms with Crippen molar-refractivity contribution >= 4 is 23.2 Å². The highest BCUT2D eigenvalue weighted by atomic mass is 35.5. The lowest BCUT2D eigenvalue weighted by molar-refractivity contribution is -0.120. The van der Waals surface area contributed by atoms with Crippen LogP contribution in [0.25, 0.3) is 5.69 Å². The Morgan fingerprint density at radius 2 is 2.16 bits per heavy atom. The molecule has 0 spiro atoms. The summed E-state index contributed by atoms with van der Waals surface area (Å²) >= 11 is 6.35. The minimum absolute atomic E-state index is 0.0146. The van der Waals surface area contributed by atoms with Crippen LogP contribution in [0.3, 0.4) is 0 Å². The van der Waals surface area contributed by atoms with Crippen molar-refractivity contribution in [2.75, 3.05) is 11.9 Å². The number of rotatable bonds is 5. The molecule has 132 valence electrons. The number of halogens is 1. The highest BCUT2D eigenvalue weighted by Crippen LogP contribution is 2.40. The van der Waals surface area contributed by atoms with E-state index in [2.05, 4.69) is 20.8 Å². The van der Waals surface area contributed by atoms with E-state index >= 15 is 0 Å². The van der Waals surface area contributed by atoms with Gasteiger partial charge in [-0.15, -0.1) is 5.10 Å². The maximum atomic E-state index is 12.6. The van der Waals surface area contributed by atoms with E-state index in [-0.39, 0.29) is 17.7 Å². The monoisotopic (exact) mass is 360 g/mol. The Balaban J connectivity index is 1.57. The SMILES string of the molecule is NC[C@H]1CCC[C@H]1C(=O)Nc1ccc(Cl)c(-n2nnnc2C2CC2)c1. The third kappa shape index (κ3) is 3.26. The quantitative estimate of drug-likeness (QED) is 0.853. The van der Waals surface area contributed by atoms with Crippen molar-refractivity contribution < 1.29 is 4.79 Å². The number of nitrogens with two attached hydrogens (primary N) is 1. The summed E-state index contributed by atoms with van der Waals surface area (Å²) in [4.78, 5) is 12.6. The Bertz CT molecular complexity index is 787. The summed E-state index contributed by atoms with van der Waals surface area (Å²) in [7, 11) is 0. The zero-order valence-electron chi connectivity index (χ0n) is 13.9. The first-order valence-corrected chi connectivity index (χ1v) is 9.14. The number of anilines is 1. The van der Waals surface area contributed by atoms with Crippen molar-refractivity contribution in [3.8, 4) is 5.69 Å². The molecule has 1 heterocycles. The number of carbonyl (C=O) groups excluding carboxylic acids is 1. The number of nitrogens with one attached hydrogen (secondary N) is 1. The van der Waals surface area contributed by atoms with Crippen LogP contribution in [0.5, 0.6) is 0 Å². The number of aromatic nitrogens is 4. The van der Waals surface area contributed by atoms with Gasteiger partial charge in [0.15, 0.2) is 5.82 Å². The van der Waals surface area contributed by atoms with E-state index in [4.69, 9.17) is 17.3 Å². The molecular formula is C17H21ClN6O. The van der Waals surface area contributed by atoms with Gasteiger partial charge < -0.3 is 11.1 Å². The zero-order chi connectivity index (χ0) is 17.4.